The van der Waals surface area contributed by atoms with E-state index in [9.17, 15) is 5.11 Å². The van der Waals surface area contributed by atoms with Gasteiger partial charge in [-0.1, -0.05) is 62.3 Å². The molecule has 108 valence electrons. The Labute approximate surface area is 113 Å². The highest BCUT2D eigenvalue weighted by Gasteiger charge is 2.55. The Morgan fingerprint density at radius 1 is 0.667 bits per heavy atom. The molecule has 0 unspecified atom stereocenters. The first-order chi connectivity index (χ1) is 7.76. The Morgan fingerprint density at radius 3 is 1.28 bits per heavy atom. The first-order valence-electron chi connectivity index (χ1n) is 7.10. The Balaban J connectivity index is 3.13. The highest BCUT2D eigenvalue weighted by atomic mass is 16.5. The summed E-state index contributed by atoms with van der Waals surface area (Å²) in [6.45, 7) is 19.6. The Morgan fingerprint density at radius 2 is 1.06 bits per heavy atom. The molecule has 0 aromatic heterocycles. The topological polar surface area (TPSA) is 29.5 Å². The molecule has 1 fully saturated rings. The van der Waals surface area contributed by atoms with E-state index < -0.39 is 0 Å². The van der Waals surface area contributed by atoms with Gasteiger partial charge in [-0.2, -0.15) is 0 Å². The van der Waals surface area contributed by atoms with Crippen molar-refractivity contribution in [1.29, 1.82) is 0 Å². The van der Waals surface area contributed by atoms with Gasteiger partial charge in [0.2, 0.25) is 0 Å². The van der Waals surface area contributed by atoms with Gasteiger partial charge in [0.15, 0.2) is 0 Å². The van der Waals surface area contributed by atoms with Crippen molar-refractivity contribution in [3.05, 3.63) is 0 Å². The fourth-order valence-corrected chi connectivity index (χ4v) is 3.12. The van der Waals surface area contributed by atoms with Gasteiger partial charge in [0.25, 0.3) is 0 Å². The Kier molecular flexibility index (Phi) is 3.98. The molecular formula is C16H32O2. The van der Waals surface area contributed by atoms with Crippen LogP contribution in [0.2, 0.25) is 0 Å². The lowest BCUT2D eigenvalue weighted by atomic mass is 9.67. The predicted molar refractivity (Wildman–Crippen MR) is 76.5 cm³/mol. The van der Waals surface area contributed by atoms with Crippen molar-refractivity contribution in [1.82, 2.24) is 0 Å². The molecule has 0 spiro atoms. The Bertz CT molecular complexity index is 288. The van der Waals surface area contributed by atoms with E-state index in [0.717, 1.165) is 0 Å². The second-order valence-electron chi connectivity index (χ2n) is 9.09. The van der Waals surface area contributed by atoms with E-state index in [1.165, 1.54) is 0 Å². The summed E-state index contributed by atoms with van der Waals surface area (Å²) in [4.78, 5) is 0. The smallest absolute Gasteiger partial charge is 0.0890 e. The molecule has 1 aliphatic heterocycles. The van der Waals surface area contributed by atoms with Crippen LogP contribution in [-0.2, 0) is 4.74 Å². The average molecular weight is 256 g/mol. The summed E-state index contributed by atoms with van der Waals surface area (Å²) < 4.78 is 6.29. The maximum atomic E-state index is 10.7. The Hall–Kier alpha value is -0.0800. The summed E-state index contributed by atoms with van der Waals surface area (Å²) >= 11 is 0. The van der Waals surface area contributed by atoms with Gasteiger partial charge in [0, 0.05) is 5.92 Å². The van der Waals surface area contributed by atoms with Crippen molar-refractivity contribution in [2.24, 2.45) is 22.2 Å². The van der Waals surface area contributed by atoms with Crippen LogP contribution in [0, 0.1) is 22.2 Å². The summed E-state index contributed by atoms with van der Waals surface area (Å²) in [5.74, 6) is 0.182. The normalized spacial score (nSPS) is 35.0. The van der Waals surface area contributed by atoms with Gasteiger partial charge in [-0.05, 0) is 16.2 Å². The average Bonchev–Trinajstić information content (AvgIpc) is 2.39. The zero-order chi connectivity index (χ0) is 14.5. The molecular weight excluding hydrogens is 224 g/mol. The minimum atomic E-state index is -0.380. The number of rotatable bonds is 0. The molecule has 1 aliphatic rings. The quantitative estimate of drug-likeness (QED) is 0.713. The fourth-order valence-electron chi connectivity index (χ4n) is 3.12. The van der Waals surface area contributed by atoms with Crippen LogP contribution < -0.4 is 0 Å². The molecule has 0 aliphatic carbocycles. The molecule has 1 N–H and O–H groups in total. The van der Waals surface area contributed by atoms with E-state index in [-0.39, 0.29) is 40.5 Å². The lowest BCUT2D eigenvalue weighted by Gasteiger charge is -2.39. The van der Waals surface area contributed by atoms with Crippen LogP contribution in [0.4, 0.5) is 0 Å². The first-order valence-corrected chi connectivity index (χ1v) is 7.10. The third-order valence-electron chi connectivity index (χ3n) is 4.00. The molecule has 0 amide bonds. The number of hydrogen-bond donors (Lipinski definition) is 1. The third kappa shape index (κ3) is 3.08. The monoisotopic (exact) mass is 256 g/mol. The van der Waals surface area contributed by atoms with Crippen LogP contribution >= 0.6 is 0 Å². The molecule has 1 saturated heterocycles. The molecule has 2 heteroatoms. The maximum Gasteiger partial charge on any atom is 0.0890 e. The maximum absolute atomic E-state index is 10.7. The molecule has 4 atom stereocenters. The minimum absolute atomic E-state index is 0.0249. The lowest BCUT2D eigenvalue weighted by Crippen LogP contribution is -2.43. The summed E-state index contributed by atoms with van der Waals surface area (Å²) in [7, 11) is 0. The first kappa shape index (κ1) is 16.0. The lowest BCUT2D eigenvalue weighted by molar-refractivity contribution is -0.0822. The number of aliphatic hydroxyl groups excluding tert-OH is 1. The van der Waals surface area contributed by atoms with Gasteiger partial charge in [-0.25, -0.2) is 0 Å². The van der Waals surface area contributed by atoms with Gasteiger partial charge in [-0.3, -0.25) is 0 Å². The van der Waals surface area contributed by atoms with E-state index in [0.29, 0.717) is 0 Å². The zero-order valence-corrected chi connectivity index (χ0v) is 13.7. The van der Waals surface area contributed by atoms with Crippen LogP contribution in [0.5, 0.6) is 0 Å². The van der Waals surface area contributed by atoms with Gasteiger partial charge in [0.05, 0.1) is 18.3 Å². The zero-order valence-electron chi connectivity index (χ0n) is 13.7. The molecule has 2 nitrogen and oxygen atoms in total. The predicted octanol–water partition coefficient (Wildman–Crippen LogP) is 3.87. The summed E-state index contributed by atoms with van der Waals surface area (Å²) in [5.41, 5.74) is 0.0825. The van der Waals surface area contributed by atoms with Crippen molar-refractivity contribution < 1.29 is 9.84 Å². The van der Waals surface area contributed by atoms with Crippen LogP contribution in [-0.4, -0.2) is 23.4 Å². The molecule has 1 heterocycles. The molecule has 0 aromatic carbocycles. The van der Waals surface area contributed by atoms with Crippen LogP contribution in [0.15, 0.2) is 0 Å². The van der Waals surface area contributed by atoms with Gasteiger partial charge < -0.3 is 9.84 Å². The fraction of sp³-hybridized carbons (Fsp3) is 1.00. The number of aliphatic hydroxyl groups is 1. The van der Waals surface area contributed by atoms with Gasteiger partial charge >= 0.3 is 0 Å². The molecule has 0 aromatic rings. The van der Waals surface area contributed by atoms with Crippen molar-refractivity contribution in [3.8, 4) is 0 Å². The standard InChI is InChI=1S/C16H32O2/c1-14(2,3)10-11(17)13(16(7,8)9)18-12(10)15(4,5)6/h10-13,17H,1-9H3/t10-,11+,12-,13-/m0/s1. The molecule has 0 radical (unpaired) electrons. The van der Waals surface area contributed by atoms with E-state index >= 15 is 0 Å². The highest BCUT2D eigenvalue weighted by Crippen LogP contribution is 2.49. The minimum Gasteiger partial charge on any atom is -0.390 e. The second-order valence-corrected chi connectivity index (χ2v) is 9.09. The van der Waals surface area contributed by atoms with Crippen molar-refractivity contribution in [2.75, 3.05) is 0 Å². The molecule has 0 bridgehead atoms. The van der Waals surface area contributed by atoms with E-state index in [1.54, 1.807) is 0 Å². The van der Waals surface area contributed by atoms with Gasteiger partial charge in [-0.15, -0.1) is 0 Å². The van der Waals surface area contributed by atoms with Crippen LogP contribution in [0.3, 0.4) is 0 Å². The van der Waals surface area contributed by atoms with Crippen molar-refractivity contribution >= 4 is 0 Å². The SMILES string of the molecule is CC(C)(C)[C@H]1[C@@H](O)[C@@H](C(C)(C)C)O[C@@H]1C(C)(C)C. The number of hydrogen-bond acceptors (Lipinski definition) is 2. The molecule has 1 rings (SSSR count). The molecule has 18 heavy (non-hydrogen) atoms. The van der Waals surface area contributed by atoms with E-state index in [2.05, 4.69) is 62.3 Å². The van der Waals surface area contributed by atoms with E-state index in [1.807, 2.05) is 0 Å². The number of ether oxygens (including phenoxy) is 1. The summed E-state index contributed by atoms with van der Waals surface area (Å²) in [5, 5.41) is 10.7. The van der Waals surface area contributed by atoms with Gasteiger partial charge in [0.1, 0.15) is 0 Å². The third-order valence-corrected chi connectivity index (χ3v) is 4.00. The molecule has 0 saturated carbocycles. The van der Waals surface area contributed by atoms with Crippen molar-refractivity contribution in [3.63, 3.8) is 0 Å². The highest BCUT2D eigenvalue weighted by molar-refractivity contribution is 5.02. The second kappa shape index (κ2) is 4.49. The van der Waals surface area contributed by atoms with Crippen LogP contribution in [0.25, 0.3) is 0 Å². The van der Waals surface area contributed by atoms with E-state index in [4.69, 9.17) is 4.74 Å². The largest absolute Gasteiger partial charge is 0.390 e. The summed E-state index contributed by atoms with van der Waals surface area (Å²) in [6, 6.07) is 0. The summed E-state index contributed by atoms with van der Waals surface area (Å²) in [6.07, 6.45) is -0.350. The van der Waals surface area contributed by atoms with Crippen molar-refractivity contribution in [2.45, 2.75) is 80.6 Å². The van der Waals surface area contributed by atoms with Crippen LogP contribution in [0.1, 0.15) is 62.3 Å².